The van der Waals surface area contributed by atoms with Crippen LogP contribution in [0.5, 0.6) is 0 Å². The van der Waals surface area contributed by atoms with Crippen molar-refractivity contribution in [3.63, 3.8) is 0 Å². The standard InChI is InChI=1S/C14H19IN2O2/c15-13-4-2-12(3-5-13)14(18)16-6-1-7-17-8-10-19-11-9-17/h2-5H,1,6-11H2,(H,16,18)/p+1. The van der Waals surface area contributed by atoms with Gasteiger partial charge in [-0.3, -0.25) is 4.79 Å². The molecule has 4 nitrogen and oxygen atoms in total. The topological polar surface area (TPSA) is 42.8 Å². The molecule has 0 unspecified atom stereocenters. The van der Waals surface area contributed by atoms with E-state index in [1.807, 2.05) is 24.3 Å². The van der Waals surface area contributed by atoms with Crippen LogP contribution < -0.4 is 10.2 Å². The van der Waals surface area contributed by atoms with E-state index in [0.29, 0.717) is 0 Å². The zero-order valence-corrected chi connectivity index (χ0v) is 13.1. The Morgan fingerprint density at radius 3 is 2.63 bits per heavy atom. The van der Waals surface area contributed by atoms with E-state index in [0.717, 1.165) is 54.9 Å². The van der Waals surface area contributed by atoms with Crippen LogP contribution in [0.1, 0.15) is 16.8 Å². The molecule has 1 amide bonds. The summed E-state index contributed by atoms with van der Waals surface area (Å²) >= 11 is 2.23. The number of ether oxygens (including phenoxy) is 1. The van der Waals surface area contributed by atoms with Crippen LogP contribution in [0.4, 0.5) is 0 Å². The highest BCUT2D eigenvalue weighted by molar-refractivity contribution is 14.1. The van der Waals surface area contributed by atoms with Crippen LogP contribution in [-0.2, 0) is 4.74 Å². The van der Waals surface area contributed by atoms with Crippen molar-refractivity contribution in [2.24, 2.45) is 0 Å². The van der Waals surface area contributed by atoms with Gasteiger partial charge in [-0.2, -0.15) is 0 Å². The van der Waals surface area contributed by atoms with Gasteiger partial charge in [-0.15, -0.1) is 0 Å². The average Bonchev–Trinajstić information content (AvgIpc) is 2.45. The number of nitrogens with one attached hydrogen (secondary N) is 2. The van der Waals surface area contributed by atoms with Gasteiger partial charge in [0.05, 0.1) is 19.8 Å². The van der Waals surface area contributed by atoms with Gasteiger partial charge in [0.25, 0.3) is 5.91 Å². The summed E-state index contributed by atoms with van der Waals surface area (Å²) in [6, 6.07) is 7.63. The number of carbonyl (C=O) groups is 1. The van der Waals surface area contributed by atoms with E-state index < -0.39 is 0 Å². The number of halogens is 1. The Morgan fingerprint density at radius 2 is 1.95 bits per heavy atom. The predicted molar refractivity (Wildman–Crippen MR) is 82.5 cm³/mol. The molecule has 1 fully saturated rings. The number of morpholine rings is 1. The molecular formula is C14H20IN2O2+. The Morgan fingerprint density at radius 1 is 1.26 bits per heavy atom. The molecule has 1 aromatic carbocycles. The molecule has 0 atom stereocenters. The highest BCUT2D eigenvalue weighted by Gasteiger charge is 2.13. The Kier molecular flexibility index (Phi) is 6.06. The quantitative estimate of drug-likeness (QED) is 0.576. The van der Waals surface area contributed by atoms with E-state index >= 15 is 0 Å². The fourth-order valence-corrected chi connectivity index (χ4v) is 2.51. The van der Waals surface area contributed by atoms with Crippen molar-refractivity contribution >= 4 is 28.5 Å². The van der Waals surface area contributed by atoms with Gasteiger partial charge in [0.1, 0.15) is 13.1 Å². The molecule has 1 heterocycles. The number of hydrogen-bond donors (Lipinski definition) is 2. The molecule has 0 aromatic heterocycles. The maximum atomic E-state index is 11.9. The first-order valence-corrected chi connectivity index (χ1v) is 7.78. The van der Waals surface area contributed by atoms with Gasteiger partial charge in [0, 0.05) is 22.1 Å². The Balaban J connectivity index is 1.64. The normalized spacial score (nSPS) is 16.3. The van der Waals surface area contributed by atoms with Crippen molar-refractivity contribution in [3.05, 3.63) is 33.4 Å². The molecule has 0 radical (unpaired) electrons. The van der Waals surface area contributed by atoms with Crippen LogP contribution in [0.15, 0.2) is 24.3 Å². The lowest BCUT2D eigenvalue weighted by Crippen LogP contribution is -3.14. The van der Waals surface area contributed by atoms with Crippen molar-refractivity contribution in [1.82, 2.24) is 5.32 Å². The van der Waals surface area contributed by atoms with E-state index in [1.165, 1.54) is 0 Å². The first kappa shape index (κ1) is 14.7. The lowest BCUT2D eigenvalue weighted by atomic mass is 10.2. The van der Waals surface area contributed by atoms with Gasteiger partial charge in [-0.25, -0.2) is 0 Å². The van der Waals surface area contributed by atoms with Crippen molar-refractivity contribution in [2.75, 3.05) is 39.4 Å². The average molecular weight is 375 g/mol. The summed E-state index contributed by atoms with van der Waals surface area (Å²) in [4.78, 5) is 13.4. The SMILES string of the molecule is O=C(NCCC[NH+]1CCOCC1)c1ccc(I)cc1. The van der Waals surface area contributed by atoms with E-state index in [1.54, 1.807) is 4.90 Å². The Hall–Kier alpha value is -0.660. The molecule has 0 aliphatic carbocycles. The van der Waals surface area contributed by atoms with Gasteiger partial charge in [-0.05, 0) is 46.9 Å². The maximum Gasteiger partial charge on any atom is 0.251 e. The molecule has 5 heteroatoms. The zero-order chi connectivity index (χ0) is 13.5. The zero-order valence-electron chi connectivity index (χ0n) is 11.0. The number of rotatable bonds is 5. The van der Waals surface area contributed by atoms with E-state index in [-0.39, 0.29) is 5.91 Å². The number of amides is 1. The van der Waals surface area contributed by atoms with Crippen LogP contribution in [0.2, 0.25) is 0 Å². The molecule has 2 rings (SSSR count). The van der Waals surface area contributed by atoms with Crippen molar-refractivity contribution in [3.8, 4) is 0 Å². The minimum atomic E-state index is 0.0216. The number of hydrogen-bond acceptors (Lipinski definition) is 2. The molecule has 104 valence electrons. The monoisotopic (exact) mass is 375 g/mol. The van der Waals surface area contributed by atoms with Gasteiger partial charge >= 0.3 is 0 Å². The fraction of sp³-hybridized carbons (Fsp3) is 0.500. The van der Waals surface area contributed by atoms with E-state index in [2.05, 4.69) is 27.9 Å². The van der Waals surface area contributed by atoms with Gasteiger partial charge in [-0.1, -0.05) is 0 Å². The Bertz CT molecular complexity index is 402. The Labute approximate surface area is 127 Å². The van der Waals surface area contributed by atoms with Gasteiger partial charge in [0.2, 0.25) is 0 Å². The lowest BCUT2D eigenvalue weighted by Gasteiger charge is -2.23. The molecular weight excluding hydrogens is 355 g/mol. The number of quaternary nitrogens is 1. The number of benzene rings is 1. The molecule has 1 aromatic rings. The molecule has 0 saturated carbocycles. The van der Waals surface area contributed by atoms with Crippen LogP contribution >= 0.6 is 22.6 Å². The second kappa shape index (κ2) is 7.81. The summed E-state index contributed by atoms with van der Waals surface area (Å²) < 4.78 is 6.46. The first-order chi connectivity index (χ1) is 9.25. The van der Waals surface area contributed by atoms with Crippen LogP contribution in [0.25, 0.3) is 0 Å². The lowest BCUT2D eigenvalue weighted by molar-refractivity contribution is -0.908. The number of carbonyl (C=O) groups excluding carboxylic acids is 1. The predicted octanol–water partition coefficient (Wildman–Crippen LogP) is 0.326. The molecule has 0 spiro atoms. The molecule has 1 aliphatic rings. The van der Waals surface area contributed by atoms with Crippen molar-refractivity contribution in [2.45, 2.75) is 6.42 Å². The smallest absolute Gasteiger partial charge is 0.251 e. The summed E-state index contributed by atoms with van der Waals surface area (Å²) in [5, 5.41) is 2.97. The third-order valence-electron chi connectivity index (χ3n) is 3.30. The summed E-state index contributed by atoms with van der Waals surface area (Å²) in [5.74, 6) is 0.0216. The van der Waals surface area contributed by atoms with Crippen LogP contribution in [-0.4, -0.2) is 45.3 Å². The van der Waals surface area contributed by atoms with Gasteiger partial charge < -0.3 is 15.0 Å². The van der Waals surface area contributed by atoms with Crippen LogP contribution in [0, 0.1) is 3.57 Å². The molecule has 0 bridgehead atoms. The minimum Gasteiger partial charge on any atom is -0.370 e. The summed E-state index contributed by atoms with van der Waals surface area (Å²) in [5.41, 5.74) is 0.735. The largest absolute Gasteiger partial charge is 0.370 e. The molecule has 2 N–H and O–H groups in total. The van der Waals surface area contributed by atoms with E-state index in [9.17, 15) is 4.79 Å². The summed E-state index contributed by atoms with van der Waals surface area (Å²) in [6.07, 6.45) is 1.02. The minimum absolute atomic E-state index is 0.0216. The third kappa shape index (κ3) is 5.08. The second-order valence-corrected chi connectivity index (χ2v) is 5.97. The molecule has 1 saturated heterocycles. The summed E-state index contributed by atoms with van der Waals surface area (Å²) in [6.45, 7) is 5.76. The van der Waals surface area contributed by atoms with E-state index in [4.69, 9.17) is 4.74 Å². The van der Waals surface area contributed by atoms with Crippen molar-refractivity contribution in [1.29, 1.82) is 0 Å². The molecule has 1 aliphatic heterocycles. The maximum absolute atomic E-state index is 11.9. The van der Waals surface area contributed by atoms with Gasteiger partial charge in [0.15, 0.2) is 0 Å². The molecule has 19 heavy (non-hydrogen) atoms. The third-order valence-corrected chi connectivity index (χ3v) is 4.02. The highest BCUT2D eigenvalue weighted by Crippen LogP contribution is 2.06. The highest BCUT2D eigenvalue weighted by atomic mass is 127. The fourth-order valence-electron chi connectivity index (χ4n) is 2.15. The summed E-state index contributed by atoms with van der Waals surface area (Å²) in [7, 11) is 0. The second-order valence-electron chi connectivity index (χ2n) is 4.73. The van der Waals surface area contributed by atoms with Crippen molar-refractivity contribution < 1.29 is 14.4 Å². The first-order valence-electron chi connectivity index (χ1n) is 6.71. The van der Waals surface area contributed by atoms with Crippen LogP contribution in [0.3, 0.4) is 0 Å².